The fourth-order valence-corrected chi connectivity index (χ4v) is 5.05. The molecule has 2 aliphatic rings. The van der Waals surface area contributed by atoms with Crippen LogP contribution in [0.1, 0.15) is 29.6 Å². The highest BCUT2D eigenvalue weighted by Gasteiger charge is 2.37. The van der Waals surface area contributed by atoms with Crippen molar-refractivity contribution in [2.24, 2.45) is 0 Å². The van der Waals surface area contributed by atoms with E-state index < -0.39 is 21.7 Å². The molecule has 126 valence electrons. The van der Waals surface area contributed by atoms with Gasteiger partial charge in [-0.1, -0.05) is 0 Å². The zero-order valence-corrected chi connectivity index (χ0v) is 13.4. The summed E-state index contributed by atoms with van der Waals surface area (Å²) in [5.74, 6) is -1.18. The Labute approximate surface area is 134 Å². The van der Waals surface area contributed by atoms with Gasteiger partial charge in [-0.2, -0.15) is 4.31 Å². The number of carbonyl (C=O) groups is 1. The van der Waals surface area contributed by atoms with E-state index in [4.69, 9.17) is 0 Å². The summed E-state index contributed by atoms with van der Waals surface area (Å²) in [6, 6.07) is 3.00. The topological polar surface area (TPSA) is 77.9 Å². The van der Waals surface area contributed by atoms with E-state index in [1.165, 1.54) is 9.21 Å². The average Bonchev–Trinajstić information content (AvgIpc) is 2.88. The molecule has 0 aromatic heterocycles. The Hall–Kier alpha value is -1.67. The number of hydrogen-bond donors (Lipinski definition) is 1. The number of phenolic OH excluding ortho intramolecular Hbond substituents is 1. The quantitative estimate of drug-likeness (QED) is 0.875. The summed E-state index contributed by atoms with van der Waals surface area (Å²) in [5.41, 5.74) is -0.0880. The number of carbonyl (C=O) groups excluding carboxylic acids is 1. The van der Waals surface area contributed by atoms with Gasteiger partial charge in [-0.25, -0.2) is 12.8 Å². The Bertz CT molecular complexity index is 722. The van der Waals surface area contributed by atoms with E-state index in [1.54, 1.807) is 0 Å². The van der Waals surface area contributed by atoms with Gasteiger partial charge in [0.15, 0.2) is 0 Å². The van der Waals surface area contributed by atoms with Gasteiger partial charge in [0.05, 0.1) is 11.3 Å². The highest BCUT2D eigenvalue weighted by molar-refractivity contribution is 7.89. The number of rotatable bonds is 2. The van der Waals surface area contributed by atoms with Gasteiger partial charge in [-0.05, 0) is 37.5 Å². The van der Waals surface area contributed by atoms with Crippen molar-refractivity contribution in [2.75, 3.05) is 25.4 Å². The highest BCUT2D eigenvalue weighted by atomic mass is 32.2. The molecule has 1 atom stereocenters. The van der Waals surface area contributed by atoms with E-state index >= 15 is 0 Å². The second-order valence-electron chi connectivity index (χ2n) is 5.99. The van der Waals surface area contributed by atoms with Crippen LogP contribution in [0, 0.1) is 5.82 Å². The smallest absolute Gasteiger partial charge is 0.257 e. The molecule has 3 rings (SSSR count). The van der Waals surface area contributed by atoms with Crippen molar-refractivity contribution in [3.05, 3.63) is 29.6 Å². The predicted octanol–water partition coefficient (Wildman–Crippen LogP) is 1.17. The van der Waals surface area contributed by atoms with Crippen LogP contribution in [0.2, 0.25) is 0 Å². The number of amides is 1. The maximum atomic E-state index is 13.3. The fraction of sp³-hybridized carbons (Fsp3) is 0.533. The van der Waals surface area contributed by atoms with Crippen molar-refractivity contribution >= 4 is 15.9 Å². The van der Waals surface area contributed by atoms with E-state index in [9.17, 15) is 22.7 Å². The minimum atomic E-state index is -3.23. The number of aromatic hydroxyl groups is 1. The number of piperidine rings is 1. The molecular formula is C15H19FN2O4S. The van der Waals surface area contributed by atoms with Gasteiger partial charge < -0.3 is 10.0 Å². The third-order valence-electron chi connectivity index (χ3n) is 4.42. The fourth-order valence-electron chi connectivity index (χ4n) is 3.29. The van der Waals surface area contributed by atoms with Crippen molar-refractivity contribution < 1.29 is 22.7 Å². The normalized spacial score (nSPS) is 24.7. The van der Waals surface area contributed by atoms with Crippen LogP contribution in [-0.2, 0) is 10.0 Å². The average molecular weight is 342 g/mol. The standard InChI is InChI=1S/C15H19FN2O4S/c16-11-4-5-14(19)13(9-11)15(20)17-6-1-3-12(10-17)18-7-2-8-23(18,21)22/h4-5,9,12,19H,1-3,6-8,10H2/t12-/m0/s1. The van der Waals surface area contributed by atoms with Crippen LogP contribution in [0.3, 0.4) is 0 Å². The molecular weight excluding hydrogens is 323 g/mol. The van der Waals surface area contributed by atoms with Crippen molar-refractivity contribution in [1.82, 2.24) is 9.21 Å². The van der Waals surface area contributed by atoms with Crippen LogP contribution in [0.25, 0.3) is 0 Å². The molecule has 0 unspecified atom stereocenters. The van der Waals surface area contributed by atoms with Crippen molar-refractivity contribution in [2.45, 2.75) is 25.3 Å². The Morgan fingerprint density at radius 3 is 2.74 bits per heavy atom. The number of likely N-dealkylation sites (tertiary alicyclic amines) is 1. The summed E-state index contributed by atoms with van der Waals surface area (Å²) >= 11 is 0. The predicted molar refractivity (Wildman–Crippen MR) is 82.1 cm³/mol. The number of sulfonamides is 1. The van der Waals surface area contributed by atoms with Gasteiger partial charge >= 0.3 is 0 Å². The lowest BCUT2D eigenvalue weighted by atomic mass is 10.0. The number of nitrogens with zero attached hydrogens (tertiary/aromatic N) is 2. The lowest BCUT2D eigenvalue weighted by Crippen LogP contribution is -2.50. The van der Waals surface area contributed by atoms with E-state index in [1.807, 2.05) is 0 Å². The second-order valence-corrected chi connectivity index (χ2v) is 8.03. The summed E-state index contributed by atoms with van der Waals surface area (Å²) in [5, 5.41) is 9.78. The second kappa shape index (κ2) is 6.09. The third-order valence-corrected chi connectivity index (χ3v) is 6.42. The molecule has 1 amide bonds. The molecule has 0 spiro atoms. The van der Waals surface area contributed by atoms with Gasteiger partial charge in [0.2, 0.25) is 10.0 Å². The molecule has 2 saturated heterocycles. The lowest BCUT2D eigenvalue weighted by Gasteiger charge is -2.36. The van der Waals surface area contributed by atoms with Gasteiger partial charge in [0, 0.05) is 25.7 Å². The molecule has 1 aromatic rings. The molecule has 0 aliphatic carbocycles. The highest BCUT2D eigenvalue weighted by Crippen LogP contribution is 2.26. The molecule has 1 aromatic carbocycles. The first kappa shape index (κ1) is 16.2. The summed E-state index contributed by atoms with van der Waals surface area (Å²) in [7, 11) is -3.23. The Balaban J connectivity index is 1.78. The first-order chi connectivity index (χ1) is 10.9. The molecule has 23 heavy (non-hydrogen) atoms. The van der Waals surface area contributed by atoms with Crippen LogP contribution in [-0.4, -0.2) is 60.1 Å². The first-order valence-corrected chi connectivity index (χ1v) is 9.27. The number of hydrogen-bond acceptors (Lipinski definition) is 4. The molecule has 1 N–H and O–H groups in total. The summed E-state index contributed by atoms with van der Waals surface area (Å²) in [6.07, 6.45) is 1.99. The summed E-state index contributed by atoms with van der Waals surface area (Å²) in [4.78, 5) is 14.0. The van der Waals surface area contributed by atoms with Crippen LogP contribution < -0.4 is 0 Å². The van der Waals surface area contributed by atoms with Crippen LogP contribution >= 0.6 is 0 Å². The molecule has 2 fully saturated rings. The Morgan fingerprint density at radius 1 is 1.26 bits per heavy atom. The zero-order chi connectivity index (χ0) is 16.6. The van der Waals surface area contributed by atoms with E-state index in [0.29, 0.717) is 32.4 Å². The minimum absolute atomic E-state index is 0.0880. The van der Waals surface area contributed by atoms with Gasteiger partial charge in [0.25, 0.3) is 5.91 Å². The van der Waals surface area contributed by atoms with Gasteiger partial charge in [0.1, 0.15) is 11.6 Å². The van der Waals surface area contributed by atoms with Crippen LogP contribution in [0.5, 0.6) is 5.75 Å². The summed E-state index contributed by atoms with van der Waals surface area (Å²) < 4.78 is 38.9. The maximum Gasteiger partial charge on any atom is 0.257 e. The molecule has 8 heteroatoms. The SMILES string of the molecule is O=C(c1cc(F)ccc1O)N1CCC[C@H](N2CCCS2(=O)=O)C1. The molecule has 0 radical (unpaired) electrons. The lowest BCUT2D eigenvalue weighted by molar-refractivity contribution is 0.0655. The van der Waals surface area contributed by atoms with Gasteiger partial charge in [-0.15, -0.1) is 0 Å². The first-order valence-electron chi connectivity index (χ1n) is 7.66. The third kappa shape index (κ3) is 3.18. The molecule has 2 heterocycles. The van der Waals surface area contributed by atoms with Gasteiger partial charge in [-0.3, -0.25) is 4.79 Å². The summed E-state index contributed by atoms with van der Waals surface area (Å²) in [6.45, 7) is 1.23. The van der Waals surface area contributed by atoms with Crippen molar-refractivity contribution in [1.29, 1.82) is 0 Å². The molecule has 0 bridgehead atoms. The van der Waals surface area contributed by atoms with Crippen molar-refractivity contribution in [3.8, 4) is 5.75 Å². The number of phenols is 1. The molecule has 0 saturated carbocycles. The monoisotopic (exact) mass is 342 g/mol. The van der Waals surface area contributed by atoms with E-state index in [-0.39, 0.29) is 29.7 Å². The number of halogens is 1. The number of benzene rings is 1. The van der Waals surface area contributed by atoms with Crippen LogP contribution in [0.15, 0.2) is 18.2 Å². The Kier molecular flexibility index (Phi) is 4.29. The Morgan fingerprint density at radius 2 is 2.04 bits per heavy atom. The molecule has 6 nitrogen and oxygen atoms in total. The molecule has 2 aliphatic heterocycles. The van der Waals surface area contributed by atoms with Crippen molar-refractivity contribution in [3.63, 3.8) is 0 Å². The largest absolute Gasteiger partial charge is 0.507 e. The zero-order valence-electron chi connectivity index (χ0n) is 12.6. The maximum absolute atomic E-state index is 13.3. The van der Waals surface area contributed by atoms with Crippen LogP contribution in [0.4, 0.5) is 4.39 Å². The van der Waals surface area contributed by atoms with E-state index in [0.717, 1.165) is 18.2 Å². The minimum Gasteiger partial charge on any atom is -0.507 e. The van der Waals surface area contributed by atoms with E-state index in [2.05, 4.69) is 0 Å².